The highest BCUT2D eigenvalue weighted by molar-refractivity contribution is 6.35. The zero-order valence-corrected chi connectivity index (χ0v) is 25.5. The van der Waals surface area contributed by atoms with Crippen LogP contribution >= 0.6 is 11.6 Å². The summed E-state index contributed by atoms with van der Waals surface area (Å²) in [5.74, 6) is -2.42. The number of fused-ring (bicyclic) bond motifs is 5. The summed E-state index contributed by atoms with van der Waals surface area (Å²) in [6.07, 6.45) is 3.60. The molecule has 0 spiro atoms. The largest absolute Gasteiger partial charge is 0.507 e. The number of halogens is 3. The quantitative estimate of drug-likeness (QED) is 0.272. The molecule has 4 heterocycles. The van der Waals surface area contributed by atoms with Crippen molar-refractivity contribution in [3.05, 3.63) is 74.8 Å². The van der Waals surface area contributed by atoms with Gasteiger partial charge in [0.1, 0.15) is 23.3 Å². The highest BCUT2D eigenvalue weighted by Gasteiger charge is 2.43. The Morgan fingerprint density at radius 2 is 1.84 bits per heavy atom. The number of aryl methyl sites for hydroxylation is 1. The monoisotopic (exact) mass is 606 g/mol. The van der Waals surface area contributed by atoms with Crippen LogP contribution in [0.5, 0.6) is 5.75 Å². The Bertz CT molecular complexity index is 1850. The lowest BCUT2D eigenvalue weighted by molar-refractivity contribution is -0.120. The van der Waals surface area contributed by atoms with E-state index in [2.05, 4.69) is 11.9 Å². The van der Waals surface area contributed by atoms with Crippen molar-refractivity contribution in [3.63, 3.8) is 0 Å². The van der Waals surface area contributed by atoms with Gasteiger partial charge in [-0.05, 0) is 60.9 Å². The molecule has 0 unspecified atom stereocenters. The number of pyridine rings is 2. The predicted octanol–water partition coefficient (Wildman–Crippen LogP) is 6.96. The van der Waals surface area contributed by atoms with Gasteiger partial charge in [0.05, 0.1) is 33.2 Å². The van der Waals surface area contributed by atoms with Crippen molar-refractivity contribution in [1.29, 1.82) is 0 Å². The number of anilines is 2. The van der Waals surface area contributed by atoms with E-state index in [1.165, 1.54) is 27.7 Å². The summed E-state index contributed by atoms with van der Waals surface area (Å²) in [5, 5.41) is 10.8. The first kappa shape index (κ1) is 29.1. The van der Waals surface area contributed by atoms with E-state index in [9.17, 15) is 14.7 Å². The second kappa shape index (κ2) is 10.6. The molecular formula is C33H33ClF2N4O3. The van der Waals surface area contributed by atoms with Crippen LogP contribution in [0.25, 0.3) is 27.7 Å². The maximum atomic E-state index is 17.3. The number of benzene rings is 2. The summed E-state index contributed by atoms with van der Waals surface area (Å²) in [6, 6.07) is 6.48. The van der Waals surface area contributed by atoms with Crippen LogP contribution in [-0.4, -0.2) is 40.2 Å². The van der Waals surface area contributed by atoms with Gasteiger partial charge in [0.2, 0.25) is 5.91 Å². The fraction of sp³-hybridized carbons (Fsp3) is 0.364. The number of likely N-dealkylation sites (N-methyl/N-ethyl adjacent to an activating group) is 1. The lowest BCUT2D eigenvalue weighted by Gasteiger charge is -2.46. The SMILES string of the molecule is CCc1ccnc(C(C)C)c1-n1c(=O)c2c(c3cc(Cl)c(-c4c(O)cccc4F)c(F)c31)N1C[C@@H](C)CC[C@@H]1C(=O)N2C. The Morgan fingerprint density at radius 3 is 2.51 bits per heavy atom. The van der Waals surface area contributed by atoms with Gasteiger partial charge in [-0.2, -0.15) is 0 Å². The van der Waals surface area contributed by atoms with Crippen LogP contribution in [0.1, 0.15) is 57.7 Å². The van der Waals surface area contributed by atoms with Crippen molar-refractivity contribution in [1.82, 2.24) is 9.55 Å². The molecule has 10 heteroatoms. The maximum absolute atomic E-state index is 17.3. The van der Waals surface area contributed by atoms with Crippen LogP contribution in [0.3, 0.4) is 0 Å². The summed E-state index contributed by atoms with van der Waals surface area (Å²) in [6.45, 7) is 8.37. The average molecular weight is 607 g/mol. The first-order chi connectivity index (χ1) is 20.5. The lowest BCUT2D eigenvalue weighted by Crippen LogP contribution is -2.57. The van der Waals surface area contributed by atoms with Gasteiger partial charge in [0, 0.05) is 30.7 Å². The Hall–Kier alpha value is -3.98. The van der Waals surface area contributed by atoms with Gasteiger partial charge in [-0.15, -0.1) is 0 Å². The molecule has 0 radical (unpaired) electrons. The first-order valence-electron chi connectivity index (χ1n) is 14.6. The van der Waals surface area contributed by atoms with Crippen LogP contribution in [0, 0.1) is 17.6 Å². The zero-order valence-electron chi connectivity index (χ0n) is 24.7. The van der Waals surface area contributed by atoms with Crippen molar-refractivity contribution >= 4 is 39.8 Å². The fourth-order valence-electron chi connectivity index (χ4n) is 6.71. The van der Waals surface area contributed by atoms with Crippen molar-refractivity contribution in [2.24, 2.45) is 5.92 Å². The Balaban J connectivity index is 1.87. The third-order valence-electron chi connectivity index (χ3n) is 8.79. The van der Waals surface area contributed by atoms with Gasteiger partial charge >= 0.3 is 0 Å². The summed E-state index contributed by atoms with van der Waals surface area (Å²) in [4.78, 5) is 36.3. The molecule has 4 aromatic rings. The number of hydrogen-bond acceptors (Lipinski definition) is 5. The predicted molar refractivity (Wildman–Crippen MR) is 166 cm³/mol. The van der Waals surface area contributed by atoms with Crippen LogP contribution in [-0.2, 0) is 11.2 Å². The molecule has 43 heavy (non-hydrogen) atoms. The van der Waals surface area contributed by atoms with Crippen LogP contribution in [0.4, 0.5) is 20.2 Å². The van der Waals surface area contributed by atoms with E-state index < -0.39 is 34.5 Å². The molecule has 1 fully saturated rings. The number of carbonyl (C=O) groups is 1. The number of nitrogens with zero attached hydrogens (tertiary/aromatic N) is 4. The minimum Gasteiger partial charge on any atom is -0.507 e. The highest BCUT2D eigenvalue weighted by atomic mass is 35.5. The van der Waals surface area contributed by atoms with E-state index >= 15 is 8.78 Å². The number of rotatable bonds is 4. The van der Waals surface area contributed by atoms with Crippen LogP contribution < -0.4 is 15.4 Å². The Morgan fingerprint density at radius 1 is 1.09 bits per heavy atom. The van der Waals surface area contributed by atoms with E-state index in [0.29, 0.717) is 41.8 Å². The molecular weight excluding hydrogens is 574 g/mol. The molecule has 6 rings (SSSR count). The minimum atomic E-state index is -0.954. The fourth-order valence-corrected chi connectivity index (χ4v) is 6.99. The molecule has 2 aliphatic heterocycles. The third kappa shape index (κ3) is 4.31. The van der Waals surface area contributed by atoms with E-state index in [4.69, 9.17) is 11.6 Å². The number of carbonyl (C=O) groups excluding carboxylic acids is 1. The van der Waals surface area contributed by atoms with Crippen molar-refractivity contribution in [3.8, 4) is 22.6 Å². The first-order valence-corrected chi connectivity index (χ1v) is 15.0. The van der Waals surface area contributed by atoms with Gasteiger partial charge in [-0.1, -0.05) is 45.4 Å². The summed E-state index contributed by atoms with van der Waals surface area (Å²) < 4.78 is 33.8. The Labute approximate surface area is 253 Å². The topological polar surface area (TPSA) is 78.7 Å². The average Bonchev–Trinajstić information content (AvgIpc) is 2.96. The third-order valence-corrected chi connectivity index (χ3v) is 9.08. The van der Waals surface area contributed by atoms with E-state index in [0.717, 1.165) is 18.1 Å². The van der Waals surface area contributed by atoms with E-state index in [1.807, 2.05) is 25.7 Å². The van der Waals surface area contributed by atoms with Crippen molar-refractivity contribution in [2.45, 2.75) is 58.9 Å². The summed E-state index contributed by atoms with van der Waals surface area (Å²) >= 11 is 6.76. The second-order valence-corrected chi connectivity index (χ2v) is 12.3. The number of aromatic nitrogens is 2. The smallest absolute Gasteiger partial charge is 0.281 e. The standard InChI is InChI=1S/C33H33ClF2N4O3/c1-6-18-12-13-37-27(16(2)3)28(18)40-29-19(14-20(34)24(26(29)36)25-21(35)8-7-9-23(25)41)30-31(33(40)43)38(5)32(42)22-11-10-17(4)15-39(22)30/h7-9,12-14,16-17,22,41H,6,10-11,15H2,1-5H3/t17-,22+/m0/s1. The molecule has 0 bridgehead atoms. The number of phenolic OH excluding ortho intramolecular Hbond substituents is 1. The van der Waals surface area contributed by atoms with Crippen LogP contribution in [0.2, 0.25) is 5.02 Å². The zero-order chi connectivity index (χ0) is 30.9. The number of aromatic hydroxyl groups is 1. The number of piperidine rings is 1. The number of amides is 1. The second-order valence-electron chi connectivity index (χ2n) is 11.9. The van der Waals surface area contributed by atoms with Gasteiger partial charge < -0.3 is 14.9 Å². The molecule has 2 aliphatic rings. The molecule has 1 N–H and O–H groups in total. The summed E-state index contributed by atoms with van der Waals surface area (Å²) in [7, 11) is 1.57. The number of phenols is 1. The Kier molecular flexibility index (Phi) is 7.19. The maximum Gasteiger partial charge on any atom is 0.281 e. The van der Waals surface area contributed by atoms with Crippen molar-refractivity contribution in [2.75, 3.05) is 23.4 Å². The molecule has 1 amide bonds. The van der Waals surface area contributed by atoms with Crippen molar-refractivity contribution < 1.29 is 18.7 Å². The van der Waals surface area contributed by atoms with E-state index in [-0.39, 0.29) is 39.5 Å². The molecule has 1 saturated heterocycles. The normalized spacial score (nSPS) is 18.4. The molecule has 2 atom stereocenters. The molecule has 0 aliphatic carbocycles. The molecule has 2 aromatic heterocycles. The van der Waals surface area contributed by atoms with Gasteiger partial charge in [0.25, 0.3) is 5.56 Å². The van der Waals surface area contributed by atoms with Gasteiger partial charge in [-0.3, -0.25) is 19.1 Å². The minimum absolute atomic E-state index is 0.116. The molecule has 224 valence electrons. The number of hydrogen-bond donors (Lipinski definition) is 1. The molecule has 7 nitrogen and oxygen atoms in total. The lowest BCUT2D eigenvalue weighted by atomic mass is 9.89. The van der Waals surface area contributed by atoms with Gasteiger partial charge in [0.15, 0.2) is 5.82 Å². The molecule has 0 saturated carbocycles. The van der Waals surface area contributed by atoms with Gasteiger partial charge in [-0.25, -0.2) is 8.78 Å². The molecule has 2 aromatic carbocycles. The summed E-state index contributed by atoms with van der Waals surface area (Å²) in [5.41, 5.74) is 0.828. The van der Waals surface area contributed by atoms with E-state index in [1.54, 1.807) is 19.3 Å². The highest BCUT2D eigenvalue weighted by Crippen LogP contribution is 2.48. The van der Waals surface area contributed by atoms with Crippen LogP contribution in [0.15, 0.2) is 41.3 Å².